The Bertz CT molecular complexity index is 517. The highest BCUT2D eigenvalue weighted by molar-refractivity contribution is 6.06. The SMILES string of the molecule is CCCc1nc(N)cc(NC2CC(=O)N(C)C2=O)n1. The number of likely N-dealkylation sites (tertiary alicyclic amines) is 1. The largest absolute Gasteiger partial charge is 0.384 e. The molecule has 0 spiro atoms. The Morgan fingerprint density at radius 1 is 1.47 bits per heavy atom. The first-order valence-electron chi connectivity index (χ1n) is 6.21. The van der Waals surface area contributed by atoms with Crippen LogP contribution in [0, 0.1) is 0 Å². The summed E-state index contributed by atoms with van der Waals surface area (Å²) in [4.78, 5) is 32.7. The summed E-state index contributed by atoms with van der Waals surface area (Å²) in [5.74, 6) is 1.02. The van der Waals surface area contributed by atoms with Gasteiger partial charge in [0, 0.05) is 19.5 Å². The van der Waals surface area contributed by atoms with Gasteiger partial charge in [-0.05, 0) is 6.42 Å². The van der Waals surface area contributed by atoms with Crippen LogP contribution in [0.4, 0.5) is 11.6 Å². The molecule has 1 unspecified atom stereocenters. The topological polar surface area (TPSA) is 101 Å². The van der Waals surface area contributed by atoms with Crippen molar-refractivity contribution in [2.24, 2.45) is 0 Å². The van der Waals surface area contributed by atoms with Crippen LogP contribution in [0.3, 0.4) is 0 Å². The van der Waals surface area contributed by atoms with E-state index in [1.165, 1.54) is 7.05 Å². The van der Waals surface area contributed by atoms with Gasteiger partial charge in [-0.3, -0.25) is 14.5 Å². The van der Waals surface area contributed by atoms with Gasteiger partial charge in [0.15, 0.2) is 0 Å². The van der Waals surface area contributed by atoms with Gasteiger partial charge in [-0.2, -0.15) is 0 Å². The number of nitrogen functional groups attached to an aromatic ring is 1. The third-order valence-corrected chi connectivity index (χ3v) is 2.97. The van der Waals surface area contributed by atoms with E-state index in [1.54, 1.807) is 6.07 Å². The van der Waals surface area contributed by atoms with Gasteiger partial charge >= 0.3 is 0 Å². The van der Waals surface area contributed by atoms with Gasteiger partial charge in [0.2, 0.25) is 5.91 Å². The number of aryl methyl sites for hydroxylation is 1. The molecule has 0 radical (unpaired) electrons. The molecule has 7 heteroatoms. The van der Waals surface area contributed by atoms with Gasteiger partial charge in [0.25, 0.3) is 5.91 Å². The van der Waals surface area contributed by atoms with Crippen LogP contribution in [0.2, 0.25) is 0 Å². The van der Waals surface area contributed by atoms with E-state index in [4.69, 9.17) is 5.73 Å². The molecule has 0 saturated carbocycles. The average Bonchev–Trinajstić information content (AvgIpc) is 2.57. The second-order valence-electron chi connectivity index (χ2n) is 4.54. The maximum Gasteiger partial charge on any atom is 0.251 e. The van der Waals surface area contributed by atoms with Crippen molar-refractivity contribution in [3.8, 4) is 0 Å². The molecule has 2 heterocycles. The number of hydrogen-bond donors (Lipinski definition) is 2. The number of nitrogens with one attached hydrogen (secondary N) is 1. The molecule has 3 N–H and O–H groups in total. The summed E-state index contributed by atoms with van der Waals surface area (Å²) in [5.41, 5.74) is 5.70. The van der Waals surface area contributed by atoms with Gasteiger partial charge in [-0.25, -0.2) is 9.97 Å². The Balaban J connectivity index is 2.15. The predicted molar refractivity (Wildman–Crippen MR) is 70.2 cm³/mol. The molecule has 102 valence electrons. The van der Waals surface area contributed by atoms with Gasteiger partial charge in [-0.15, -0.1) is 0 Å². The summed E-state index contributed by atoms with van der Waals surface area (Å²) < 4.78 is 0. The van der Waals surface area contributed by atoms with E-state index in [0.717, 1.165) is 17.7 Å². The Morgan fingerprint density at radius 2 is 2.21 bits per heavy atom. The van der Waals surface area contributed by atoms with Crippen LogP contribution in [-0.2, 0) is 16.0 Å². The Labute approximate surface area is 111 Å². The number of nitrogens with zero attached hydrogens (tertiary/aromatic N) is 3. The fraction of sp³-hybridized carbons (Fsp3) is 0.500. The van der Waals surface area contributed by atoms with Crippen LogP contribution in [0.15, 0.2) is 6.07 Å². The first kappa shape index (κ1) is 13.3. The molecular formula is C12H17N5O2. The number of imide groups is 1. The van der Waals surface area contributed by atoms with Crippen molar-refractivity contribution in [3.05, 3.63) is 11.9 Å². The zero-order chi connectivity index (χ0) is 14.0. The number of anilines is 2. The molecule has 0 aromatic carbocycles. The monoisotopic (exact) mass is 263 g/mol. The maximum atomic E-state index is 11.8. The molecule has 1 aliphatic heterocycles. The lowest BCUT2D eigenvalue weighted by atomic mass is 10.2. The minimum absolute atomic E-state index is 0.141. The quantitative estimate of drug-likeness (QED) is 0.751. The first-order valence-corrected chi connectivity index (χ1v) is 6.21. The minimum Gasteiger partial charge on any atom is -0.384 e. The molecule has 0 bridgehead atoms. The molecule has 7 nitrogen and oxygen atoms in total. The second-order valence-corrected chi connectivity index (χ2v) is 4.54. The van der Waals surface area contributed by atoms with Crippen molar-refractivity contribution >= 4 is 23.5 Å². The molecule has 1 saturated heterocycles. The van der Waals surface area contributed by atoms with Crippen molar-refractivity contribution < 1.29 is 9.59 Å². The van der Waals surface area contributed by atoms with Crippen molar-refractivity contribution in [1.29, 1.82) is 0 Å². The number of amides is 2. The van der Waals surface area contributed by atoms with E-state index in [2.05, 4.69) is 15.3 Å². The summed E-state index contributed by atoms with van der Waals surface area (Å²) in [6.07, 6.45) is 1.77. The van der Waals surface area contributed by atoms with Gasteiger partial charge in [-0.1, -0.05) is 6.92 Å². The smallest absolute Gasteiger partial charge is 0.251 e. The highest BCUT2D eigenvalue weighted by Gasteiger charge is 2.36. The lowest BCUT2D eigenvalue weighted by molar-refractivity contribution is -0.136. The van der Waals surface area contributed by atoms with Crippen molar-refractivity contribution in [2.45, 2.75) is 32.2 Å². The van der Waals surface area contributed by atoms with Crippen LogP contribution < -0.4 is 11.1 Å². The normalized spacial score (nSPS) is 19.1. The van der Waals surface area contributed by atoms with E-state index in [1.807, 2.05) is 6.92 Å². The number of carbonyl (C=O) groups excluding carboxylic acids is 2. The van der Waals surface area contributed by atoms with E-state index < -0.39 is 6.04 Å². The number of aromatic nitrogens is 2. The average molecular weight is 263 g/mol. The lowest BCUT2D eigenvalue weighted by Gasteiger charge is -2.12. The third kappa shape index (κ3) is 2.81. The van der Waals surface area contributed by atoms with Gasteiger partial charge in [0.05, 0.1) is 6.42 Å². The molecule has 1 atom stereocenters. The minimum atomic E-state index is -0.568. The Morgan fingerprint density at radius 3 is 2.79 bits per heavy atom. The third-order valence-electron chi connectivity index (χ3n) is 2.97. The highest BCUT2D eigenvalue weighted by atomic mass is 16.2. The van der Waals surface area contributed by atoms with Crippen LogP contribution in [0.5, 0.6) is 0 Å². The van der Waals surface area contributed by atoms with Crippen molar-refractivity contribution in [1.82, 2.24) is 14.9 Å². The molecule has 19 heavy (non-hydrogen) atoms. The number of hydrogen-bond acceptors (Lipinski definition) is 6. The number of nitrogens with two attached hydrogens (primary N) is 1. The number of rotatable bonds is 4. The molecule has 1 fully saturated rings. The second kappa shape index (κ2) is 5.21. The van der Waals surface area contributed by atoms with Gasteiger partial charge < -0.3 is 11.1 Å². The van der Waals surface area contributed by atoms with Crippen molar-refractivity contribution in [2.75, 3.05) is 18.1 Å². The Hall–Kier alpha value is -2.18. The summed E-state index contributed by atoms with van der Waals surface area (Å²) in [7, 11) is 1.48. The molecule has 2 rings (SSSR count). The highest BCUT2D eigenvalue weighted by Crippen LogP contribution is 2.17. The lowest BCUT2D eigenvalue weighted by Crippen LogP contribution is -2.32. The van der Waals surface area contributed by atoms with E-state index in [-0.39, 0.29) is 18.2 Å². The van der Waals surface area contributed by atoms with Crippen LogP contribution in [-0.4, -0.2) is 39.8 Å². The number of carbonyl (C=O) groups is 2. The van der Waals surface area contributed by atoms with Crippen molar-refractivity contribution in [3.63, 3.8) is 0 Å². The molecular weight excluding hydrogens is 246 g/mol. The Kier molecular flexibility index (Phi) is 3.64. The van der Waals surface area contributed by atoms with Crippen LogP contribution >= 0.6 is 0 Å². The fourth-order valence-corrected chi connectivity index (χ4v) is 1.97. The standard InChI is InChI=1S/C12H17N5O2/c1-3-4-9-15-8(13)6-10(16-9)14-7-5-11(18)17(2)12(7)19/h6-7H,3-5H2,1-2H3,(H3,13,14,15,16). The molecule has 1 aromatic heterocycles. The summed E-state index contributed by atoms with van der Waals surface area (Å²) in [5, 5.41) is 2.95. The van der Waals surface area contributed by atoms with Crippen LogP contribution in [0.1, 0.15) is 25.6 Å². The molecule has 2 amide bonds. The van der Waals surface area contributed by atoms with E-state index >= 15 is 0 Å². The summed E-state index contributed by atoms with van der Waals surface area (Å²) >= 11 is 0. The summed E-state index contributed by atoms with van der Waals surface area (Å²) in [6, 6.07) is 0.996. The summed E-state index contributed by atoms with van der Waals surface area (Å²) in [6.45, 7) is 2.02. The first-order chi connectivity index (χ1) is 9.01. The predicted octanol–water partition coefficient (Wildman–Crippen LogP) is 0.181. The molecule has 1 aliphatic rings. The van der Waals surface area contributed by atoms with E-state index in [0.29, 0.717) is 17.5 Å². The maximum absolute atomic E-state index is 11.8. The molecule has 0 aliphatic carbocycles. The molecule has 1 aromatic rings. The zero-order valence-corrected chi connectivity index (χ0v) is 11.0. The van der Waals surface area contributed by atoms with Crippen LogP contribution in [0.25, 0.3) is 0 Å². The van der Waals surface area contributed by atoms with E-state index in [9.17, 15) is 9.59 Å². The number of likely N-dealkylation sites (N-methyl/N-ethyl adjacent to an activating group) is 1. The zero-order valence-electron chi connectivity index (χ0n) is 11.0. The fourth-order valence-electron chi connectivity index (χ4n) is 1.97. The van der Waals surface area contributed by atoms with Gasteiger partial charge in [0.1, 0.15) is 23.5 Å².